The van der Waals surface area contributed by atoms with E-state index < -0.39 is 35.7 Å². The number of urea groups is 1. The number of alkyl halides is 3. The number of nitrogens with one attached hydrogen (secondary N) is 2. The molecule has 0 spiro atoms. The average molecular weight is 322 g/mol. The molecule has 0 aromatic carbocycles. The van der Waals surface area contributed by atoms with Crippen molar-refractivity contribution in [3.05, 3.63) is 21.9 Å². The number of ketones is 1. The molecule has 1 aliphatic rings. The van der Waals surface area contributed by atoms with Crippen LogP contribution >= 0.6 is 11.3 Å². The highest BCUT2D eigenvalue weighted by molar-refractivity contribution is 7.10. The van der Waals surface area contributed by atoms with Gasteiger partial charge in [0.05, 0.1) is 12.0 Å². The van der Waals surface area contributed by atoms with Crippen LogP contribution in [0.3, 0.4) is 0 Å². The van der Waals surface area contributed by atoms with Crippen molar-refractivity contribution in [2.75, 3.05) is 0 Å². The van der Waals surface area contributed by atoms with Gasteiger partial charge in [-0.1, -0.05) is 0 Å². The van der Waals surface area contributed by atoms with E-state index in [4.69, 9.17) is 0 Å². The fraction of sp³-hybridized carbons (Fsp3) is 0.500. The Kier molecular flexibility index (Phi) is 3.75. The summed E-state index contributed by atoms with van der Waals surface area (Å²) in [5.74, 6) is -2.74. The summed E-state index contributed by atoms with van der Waals surface area (Å²) in [5, 5.41) is 15.3. The molecule has 9 heteroatoms. The Morgan fingerprint density at radius 2 is 2.10 bits per heavy atom. The van der Waals surface area contributed by atoms with Crippen LogP contribution in [0.1, 0.15) is 23.4 Å². The third-order valence-corrected chi connectivity index (χ3v) is 4.53. The minimum atomic E-state index is -5.18. The lowest BCUT2D eigenvalue weighted by Crippen LogP contribution is -2.72. The molecule has 1 aromatic rings. The van der Waals surface area contributed by atoms with E-state index in [9.17, 15) is 27.9 Å². The molecule has 1 fully saturated rings. The summed E-state index contributed by atoms with van der Waals surface area (Å²) >= 11 is 1.12. The number of hydrogen-bond donors (Lipinski definition) is 3. The van der Waals surface area contributed by atoms with Crippen molar-refractivity contribution in [3.8, 4) is 0 Å². The Labute approximate surface area is 122 Å². The average Bonchev–Trinajstić information content (AvgIpc) is 2.72. The molecule has 2 rings (SSSR count). The molecule has 3 N–H and O–H groups in total. The number of halogens is 3. The quantitative estimate of drug-likeness (QED) is 0.778. The van der Waals surface area contributed by atoms with Crippen molar-refractivity contribution < 1.29 is 27.9 Å². The van der Waals surface area contributed by atoms with Crippen molar-refractivity contribution in [1.82, 2.24) is 10.6 Å². The highest BCUT2D eigenvalue weighted by Crippen LogP contribution is 2.44. The van der Waals surface area contributed by atoms with Gasteiger partial charge in [-0.25, -0.2) is 4.79 Å². The molecule has 1 aromatic heterocycles. The van der Waals surface area contributed by atoms with Gasteiger partial charge in [-0.05, 0) is 30.9 Å². The molecule has 1 saturated heterocycles. The molecule has 0 unspecified atom stereocenters. The van der Waals surface area contributed by atoms with Gasteiger partial charge < -0.3 is 15.7 Å². The van der Waals surface area contributed by atoms with Crippen molar-refractivity contribution in [3.63, 3.8) is 0 Å². The topological polar surface area (TPSA) is 78.4 Å². The van der Waals surface area contributed by atoms with Crippen molar-refractivity contribution >= 4 is 23.2 Å². The lowest BCUT2D eigenvalue weighted by Gasteiger charge is -2.44. The summed E-state index contributed by atoms with van der Waals surface area (Å²) in [5.41, 5.74) is -2.95. The van der Waals surface area contributed by atoms with Crippen LogP contribution in [0.5, 0.6) is 0 Å². The first kappa shape index (κ1) is 15.8. The first-order chi connectivity index (χ1) is 9.58. The third-order valence-electron chi connectivity index (χ3n) is 3.43. The molecule has 2 heterocycles. The van der Waals surface area contributed by atoms with Crippen LogP contribution in [0, 0.1) is 12.8 Å². The summed E-state index contributed by atoms with van der Waals surface area (Å²) in [7, 11) is 0. The van der Waals surface area contributed by atoms with Crippen LogP contribution in [0.2, 0.25) is 0 Å². The van der Waals surface area contributed by atoms with E-state index in [-0.39, 0.29) is 0 Å². The zero-order chi connectivity index (χ0) is 16.0. The number of amides is 2. The monoisotopic (exact) mass is 322 g/mol. The predicted molar refractivity (Wildman–Crippen MR) is 68.6 cm³/mol. The van der Waals surface area contributed by atoms with E-state index in [0.29, 0.717) is 10.4 Å². The number of hydrogen-bond acceptors (Lipinski definition) is 4. The zero-order valence-electron chi connectivity index (χ0n) is 11.1. The Morgan fingerprint density at radius 3 is 2.52 bits per heavy atom. The standard InChI is InChI=1S/C12H13F3N2O3S/c1-5-3-4-21-9(5)8-7(6(2)18)11(20,12(13,14)15)17-10(19)16-8/h3-4,7-8,20H,1-2H3,(H2,16,17,19)/t7-,8-,11-/m1/s1. The largest absolute Gasteiger partial charge is 0.437 e. The minimum Gasteiger partial charge on any atom is -0.363 e. The molecule has 0 saturated carbocycles. The fourth-order valence-corrected chi connectivity index (χ4v) is 3.46. The van der Waals surface area contributed by atoms with Gasteiger partial charge in [0.15, 0.2) is 0 Å². The van der Waals surface area contributed by atoms with Gasteiger partial charge in [0, 0.05) is 4.88 Å². The normalized spacial score (nSPS) is 29.7. The predicted octanol–water partition coefficient (Wildman–Crippen LogP) is 1.87. The van der Waals surface area contributed by atoms with Gasteiger partial charge >= 0.3 is 12.2 Å². The maximum absolute atomic E-state index is 13.2. The third kappa shape index (κ3) is 2.51. The molecule has 5 nitrogen and oxygen atoms in total. The van der Waals surface area contributed by atoms with Gasteiger partial charge in [-0.3, -0.25) is 4.79 Å². The molecule has 21 heavy (non-hydrogen) atoms. The Balaban J connectivity index is 2.57. The summed E-state index contributed by atoms with van der Waals surface area (Å²) in [6, 6.07) is -0.745. The minimum absolute atomic E-state index is 0.410. The van der Waals surface area contributed by atoms with Crippen LogP contribution in [0.4, 0.5) is 18.0 Å². The number of thiophene rings is 1. The van der Waals surface area contributed by atoms with E-state index in [0.717, 1.165) is 18.3 Å². The number of carbonyl (C=O) groups excluding carboxylic acids is 2. The maximum Gasteiger partial charge on any atom is 0.437 e. The second kappa shape index (κ2) is 4.99. The van der Waals surface area contributed by atoms with E-state index in [1.54, 1.807) is 18.4 Å². The second-order valence-corrected chi connectivity index (χ2v) is 5.84. The summed E-state index contributed by atoms with van der Waals surface area (Å²) in [4.78, 5) is 23.7. The zero-order valence-corrected chi connectivity index (χ0v) is 11.9. The smallest absolute Gasteiger partial charge is 0.363 e. The van der Waals surface area contributed by atoms with E-state index >= 15 is 0 Å². The lowest BCUT2D eigenvalue weighted by atomic mass is 9.81. The lowest BCUT2D eigenvalue weighted by molar-refractivity contribution is -0.290. The van der Waals surface area contributed by atoms with Crippen LogP contribution in [0.25, 0.3) is 0 Å². The highest BCUT2D eigenvalue weighted by atomic mass is 32.1. The molecule has 3 atom stereocenters. The van der Waals surface area contributed by atoms with Gasteiger partial charge in [0.25, 0.3) is 0 Å². The Bertz CT molecular complexity index is 587. The molecule has 116 valence electrons. The van der Waals surface area contributed by atoms with Crippen molar-refractivity contribution in [2.24, 2.45) is 5.92 Å². The van der Waals surface area contributed by atoms with E-state index in [1.807, 2.05) is 0 Å². The van der Waals surface area contributed by atoms with Gasteiger partial charge in [0.2, 0.25) is 5.72 Å². The number of rotatable bonds is 2. The van der Waals surface area contributed by atoms with E-state index in [1.165, 1.54) is 5.32 Å². The molecular formula is C12H13F3N2O3S. The van der Waals surface area contributed by atoms with Crippen LogP contribution in [-0.2, 0) is 4.79 Å². The SMILES string of the molecule is CC(=O)[C@@H]1[C@H](c2sccc2C)NC(=O)N[C@]1(O)C(F)(F)F. The first-order valence-corrected chi connectivity index (χ1v) is 6.88. The molecule has 1 aliphatic heterocycles. The van der Waals surface area contributed by atoms with E-state index in [2.05, 4.69) is 5.32 Å². The molecule has 0 radical (unpaired) electrons. The summed E-state index contributed by atoms with van der Waals surface area (Å²) in [6.45, 7) is 2.61. The number of carbonyl (C=O) groups is 2. The highest BCUT2D eigenvalue weighted by Gasteiger charge is 2.65. The van der Waals surface area contributed by atoms with Crippen LogP contribution in [-0.4, -0.2) is 28.8 Å². The fourth-order valence-electron chi connectivity index (χ4n) is 2.45. The maximum atomic E-state index is 13.2. The molecule has 0 aliphatic carbocycles. The Hall–Kier alpha value is -1.61. The van der Waals surface area contributed by atoms with Gasteiger partial charge in [-0.2, -0.15) is 13.2 Å². The van der Waals surface area contributed by atoms with Gasteiger partial charge in [-0.15, -0.1) is 11.3 Å². The first-order valence-electron chi connectivity index (χ1n) is 6.00. The number of aliphatic hydroxyl groups is 1. The number of aryl methyl sites for hydroxylation is 1. The molecule has 2 amide bonds. The Morgan fingerprint density at radius 1 is 1.48 bits per heavy atom. The summed E-state index contributed by atoms with van der Waals surface area (Å²) < 4.78 is 39.6. The van der Waals surface area contributed by atoms with Crippen molar-refractivity contribution in [2.45, 2.75) is 31.8 Å². The van der Waals surface area contributed by atoms with Crippen LogP contribution in [0.15, 0.2) is 11.4 Å². The summed E-state index contributed by atoms with van der Waals surface area (Å²) in [6.07, 6.45) is -5.18. The van der Waals surface area contributed by atoms with Crippen LogP contribution < -0.4 is 10.6 Å². The molecular weight excluding hydrogens is 309 g/mol. The number of Topliss-reactive ketones (excluding diaryl/α,β-unsaturated/α-hetero) is 1. The molecule has 0 bridgehead atoms. The van der Waals surface area contributed by atoms with Crippen molar-refractivity contribution in [1.29, 1.82) is 0 Å². The second-order valence-electron chi connectivity index (χ2n) is 4.90. The van der Waals surface area contributed by atoms with Gasteiger partial charge in [0.1, 0.15) is 5.78 Å².